The van der Waals surface area contributed by atoms with E-state index >= 15 is 0 Å². The smallest absolute Gasteiger partial charge is 0.188 e. The van der Waals surface area contributed by atoms with Crippen LogP contribution in [0.5, 0.6) is 0 Å². The Morgan fingerprint density at radius 3 is 1.67 bits per heavy atom. The van der Waals surface area contributed by atoms with Crippen molar-refractivity contribution in [2.45, 2.75) is 0 Å². The summed E-state index contributed by atoms with van der Waals surface area (Å²) in [6.07, 6.45) is 0. The number of guanidine groups is 1. The number of ether oxygens (including phenoxy) is 4. The second kappa shape index (κ2) is 12.6. The fourth-order valence-electron chi connectivity index (χ4n) is 1.19. The van der Waals surface area contributed by atoms with Crippen molar-refractivity contribution in [3.8, 4) is 0 Å². The lowest BCUT2D eigenvalue weighted by atomic mass is 10.5. The molecule has 0 amide bonds. The van der Waals surface area contributed by atoms with Crippen LogP contribution in [-0.4, -0.2) is 77.8 Å². The van der Waals surface area contributed by atoms with E-state index in [4.69, 9.17) is 30.1 Å². The van der Waals surface area contributed by atoms with Crippen molar-refractivity contribution in [3.63, 3.8) is 0 Å². The molecule has 7 nitrogen and oxygen atoms in total. The van der Waals surface area contributed by atoms with Gasteiger partial charge in [0, 0.05) is 27.3 Å². The molecule has 0 atom stereocenters. The molecule has 0 aromatic rings. The van der Waals surface area contributed by atoms with E-state index in [0.29, 0.717) is 52.7 Å². The van der Waals surface area contributed by atoms with E-state index in [1.165, 1.54) is 0 Å². The minimum atomic E-state index is 0.0284. The van der Waals surface area contributed by atoms with Crippen LogP contribution in [0.25, 0.3) is 0 Å². The Labute approximate surface area is 109 Å². The highest BCUT2D eigenvalue weighted by molar-refractivity contribution is 5.74. The monoisotopic (exact) mass is 263 g/mol. The Bertz CT molecular complexity index is 191. The van der Waals surface area contributed by atoms with Crippen LogP contribution in [0.1, 0.15) is 0 Å². The molecule has 7 heteroatoms. The Hall–Kier alpha value is -0.890. The number of rotatable bonds is 12. The largest absolute Gasteiger partial charge is 0.382 e. The summed E-state index contributed by atoms with van der Waals surface area (Å²) in [6, 6.07) is 0. The van der Waals surface area contributed by atoms with Gasteiger partial charge in [-0.25, -0.2) is 0 Å². The molecule has 0 bridgehead atoms. The molecule has 3 N–H and O–H groups in total. The summed E-state index contributed by atoms with van der Waals surface area (Å²) in [5.74, 6) is 0.0284. The third-order valence-electron chi connectivity index (χ3n) is 2.22. The van der Waals surface area contributed by atoms with Gasteiger partial charge >= 0.3 is 0 Å². The summed E-state index contributed by atoms with van der Waals surface area (Å²) < 4.78 is 20.4. The number of hydrogen-bond donors (Lipinski definition) is 2. The molecule has 18 heavy (non-hydrogen) atoms. The normalized spacial score (nSPS) is 10.6. The Balaban J connectivity index is 3.56. The maximum atomic E-state index is 7.43. The first-order valence-corrected chi connectivity index (χ1v) is 5.94. The van der Waals surface area contributed by atoms with Crippen molar-refractivity contribution >= 4 is 5.96 Å². The summed E-state index contributed by atoms with van der Waals surface area (Å²) in [4.78, 5) is 1.71. The van der Waals surface area contributed by atoms with Crippen LogP contribution in [-0.2, 0) is 18.9 Å². The van der Waals surface area contributed by atoms with E-state index < -0.39 is 0 Å². The van der Waals surface area contributed by atoms with Gasteiger partial charge in [-0.1, -0.05) is 0 Å². The maximum absolute atomic E-state index is 7.43. The molecule has 0 saturated carbocycles. The molecule has 0 saturated heterocycles. The van der Waals surface area contributed by atoms with Crippen LogP contribution in [0.4, 0.5) is 0 Å². The lowest BCUT2D eigenvalue weighted by molar-refractivity contribution is 0.0503. The fraction of sp³-hybridized carbons (Fsp3) is 0.909. The molecule has 0 radical (unpaired) electrons. The standard InChI is InChI=1S/C11H25N3O4/c1-15-7-9-17-5-3-14(11(12)13)4-6-18-10-8-16-2/h3-10H2,1-2H3,(H3,12,13). The minimum Gasteiger partial charge on any atom is -0.382 e. The molecule has 0 aliphatic heterocycles. The predicted octanol–water partition coefficient (Wildman–Crippen LogP) is -0.492. The second-order valence-corrected chi connectivity index (χ2v) is 3.58. The van der Waals surface area contributed by atoms with Gasteiger partial charge in [0.1, 0.15) is 0 Å². The Morgan fingerprint density at radius 1 is 0.889 bits per heavy atom. The predicted molar refractivity (Wildman–Crippen MR) is 68.9 cm³/mol. The molecule has 0 fully saturated rings. The van der Waals surface area contributed by atoms with Crippen LogP contribution in [0.15, 0.2) is 0 Å². The third kappa shape index (κ3) is 10.3. The van der Waals surface area contributed by atoms with Gasteiger partial charge < -0.3 is 29.6 Å². The zero-order valence-corrected chi connectivity index (χ0v) is 11.3. The van der Waals surface area contributed by atoms with Crippen LogP contribution < -0.4 is 5.73 Å². The van der Waals surface area contributed by atoms with E-state index in [0.717, 1.165) is 0 Å². The molecule has 0 aromatic heterocycles. The first-order chi connectivity index (χ1) is 8.72. The van der Waals surface area contributed by atoms with E-state index in [-0.39, 0.29) is 5.96 Å². The topological polar surface area (TPSA) is 90.0 Å². The SMILES string of the molecule is COCCOCCN(CCOCCOC)C(=N)N. The summed E-state index contributed by atoms with van der Waals surface area (Å²) in [7, 11) is 3.26. The minimum absolute atomic E-state index is 0.0284. The average Bonchev–Trinajstić information content (AvgIpc) is 2.35. The molecule has 0 aliphatic rings. The van der Waals surface area contributed by atoms with E-state index in [2.05, 4.69) is 0 Å². The van der Waals surface area contributed by atoms with Crippen LogP contribution in [0.3, 0.4) is 0 Å². The highest BCUT2D eigenvalue weighted by atomic mass is 16.5. The average molecular weight is 263 g/mol. The lowest BCUT2D eigenvalue weighted by Gasteiger charge is -2.22. The van der Waals surface area contributed by atoms with Gasteiger partial charge in [-0.15, -0.1) is 0 Å². The molecule has 108 valence electrons. The van der Waals surface area contributed by atoms with Gasteiger partial charge in [-0.2, -0.15) is 0 Å². The van der Waals surface area contributed by atoms with Gasteiger partial charge in [0.25, 0.3) is 0 Å². The first kappa shape index (κ1) is 17.1. The van der Waals surface area contributed by atoms with Crippen molar-refractivity contribution in [2.75, 3.05) is 67.0 Å². The molecular weight excluding hydrogens is 238 g/mol. The van der Waals surface area contributed by atoms with Crippen molar-refractivity contribution in [2.24, 2.45) is 5.73 Å². The molecule has 0 rings (SSSR count). The lowest BCUT2D eigenvalue weighted by Crippen LogP contribution is -2.41. The van der Waals surface area contributed by atoms with Crippen molar-refractivity contribution in [1.82, 2.24) is 4.90 Å². The van der Waals surface area contributed by atoms with Crippen molar-refractivity contribution in [1.29, 1.82) is 5.41 Å². The second-order valence-electron chi connectivity index (χ2n) is 3.58. The van der Waals surface area contributed by atoms with Crippen LogP contribution >= 0.6 is 0 Å². The van der Waals surface area contributed by atoms with E-state index in [9.17, 15) is 0 Å². The number of nitrogens with two attached hydrogens (primary N) is 1. The molecule has 0 spiro atoms. The van der Waals surface area contributed by atoms with Crippen LogP contribution in [0, 0.1) is 5.41 Å². The zero-order valence-electron chi connectivity index (χ0n) is 11.3. The Kier molecular flexibility index (Phi) is 11.9. The fourth-order valence-corrected chi connectivity index (χ4v) is 1.19. The van der Waals surface area contributed by atoms with E-state index in [1.54, 1.807) is 19.1 Å². The summed E-state index contributed by atoms with van der Waals surface area (Å²) in [5.41, 5.74) is 5.47. The number of nitrogens with zero attached hydrogens (tertiary/aromatic N) is 1. The summed E-state index contributed by atoms with van der Waals surface area (Å²) >= 11 is 0. The van der Waals surface area contributed by atoms with Crippen molar-refractivity contribution < 1.29 is 18.9 Å². The number of methoxy groups -OCH3 is 2. The number of nitrogens with one attached hydrogen (secondary N) is 1. The molecule has 0 unspecified atom stereocenters. The third-order valence-corrected chi connectivity index (χ3v) is 2.22. The van der Waals surface area contributed by atoms with E-state index in [1.807, 2.05) is 0 Å². The first-order valence-electron chi connectivity index (χ1n) is 5.94. The highest BCUT2D eigenvalue weighted by Crippen LogP contribution is 1.89. The molecule has 0 aliphatic carbocycles. The van der Waals surface area contributed by atoms with Gasteiger partial charge in [0.2, 0.25) is 0 Å². The van der Waals surface area contributed by atoms with Crippen molar-refractivity contribution in [3.05, 3.63) is 0 Å². The summed E-state index contributed by atoms with van der Waals surface area (Å²) in [5, 5.41) is 7.43. The Morgan fingerprint density at radius 2 is 1.33 bits per heavy atom. The number of hydrogen-bond acceptors (Lipinski definition) is 5. The van der Waals surface area contributed by atoms with Gasteiger partial charge in [-0.3, -0.25) is 5.41 Å². The zero-order chi connectivity index (χ0) is 13.6. The van der Waals surface area contributed by atoms with Crippen LogP contribution in [0.2, 0.25) is 0 Å². The highest BCUT2D eigenvalue weighted by Gasteiger charge is 2.05. The van der Waals surface area contributed by atoms with Gasteiger partial charge in [-0.05, 0) is 0 Å². The van der Waals surface area contributed by atoms with Gasteiger partial charge in [0.05, 0.1) is 39.6 Å². The molecular formula is C11H25N3O4. The van der Waals surface area contributed by atoms with Gasteiger partial charge in [0.15, 0.2) is 5.96 Å². The summed E-state index contributed by atoms with van der Waals surface area (Å²) in [6.45, 7) is 4.42. The molecule has 0 aromatic carbocycles. The maximum Gasteiger partial charge on any atom is 0.188 e. The quantitative estimate of drug-likeness (QED) is 0.280. The molecule has 0 heterocycles.